The highest BCUT2D eigenvalue weighted by Crippen LogP contribution is 2.32. The summed E-state index contributed by atoms with van der Waals surface area (Å²) in [6.07, 6.45) is 2.38. The fourth-order valence-electron chi connectivity index (χ4n) is 1.60. The lowest BCUT2D eigenvalue weighted by molar-refractivity contribution is -0.136. The molecule has 0 unspecified atom stereocenters. The molecule has 0 aliphatic carbocycles. The monoisotopic (exact) mass is 263 g/mol. The number of benzene rings is 1. The van der Waals surface area contributed by atoms with E-state index >= 15 is 0 Å². The Bertz CT molecular complexity index is 551. The van der Waals surface area contributed by atoms with Gasteiger partial charge in [0.05, 0.1) is 19.1 Å². The summed E-state index contributed by atoms with van der Waals surface area (Å²) >= 11 is 1.50. The minimum atomic E-state index is -0.790. The van der Waals surface area contributed by atoms with Crippen LogP contribution in [-0.4, -0.2) is 23.2 Å². The van der Waals surface area contributed by atoms with Gasteiger partial charge in [-0.3, -0.25) is 4.79 Å². The summed E-state index contributed by atoms with van der Waals surface area (Å²) in [6, 6.07) is 7.66. The molecule has 0 saturated carbocycles. The highest BCUT2D eigenvalue weighted by Gasteiger charge is 2.10. The van der Waals surface area contributed by atoms with Crippen LogP contribution in [0.25, 0.3) is 10.6 Å². The Morgan fingerprint density at radius 3 is 2.94 bits per heavy atom. The van der Waals surface area contributed by atoms with Crippen molar-refractivity contribution in [1.82, 2.24) is 4.98 Å². The lowest BCUT2D eigenvalue weighted by Gasteiger charge is -2.04. The molecule has 0 fully saturated rings. The number of rotatable bonds is 5. The highest BCUT2D eigenvalue weighted by atomic mass is 32.1. The Hall–Kier alpha value is -1.88. The fraction of sp³-hybridized carbons (Fsp3) is 0.231. The van der Waals surface area contributed by atoms with Crippen molar-refractivity contribution in [3.63, 3.8) is 0 Å². The predicted molar refractivity (Wildman–Crippen MR) is 70.1 cm³/mol. The maximum atomic E-state index is 10.5. The van der Waals surface area contributed by atoms with E-state index in [1.54, 1.807) is 13.3 Å². The molecular weight excluding hydrogens is 250 g/mol. The average Bonchev–Trinajstić information content (AvgIpc) is 2.85. The van der Waals surface area contributed by atoms with E-state index in [1.165, 1.54) is 11.3 Å². The number of hydrogen-bond acceptors (Lipinski definition) is 4. The van der Waals surface area contributed by atoms with Crippen LogP contribution in [0.2, 0.25) is 0 Å². The van der Waals surface area contributed by atoms with Crippen LogP contribution in [0, 0.1) is 0 Å². The topological polar surface area (TPSA) is 59.4 Å². The smallest absolute Gasteiger partial charge is 0.303 e. The van der Waals surface area contributed by atoms with Crippen LogP contribution < -0.4 is 4.74 Å². The van der Waals surface area contributed by atoms with Crippen molar-refractivity contribution in [3.05, 3.63) is 35.3 Å². The van der Waals surface area contributed by atoms with Crippen molar-refractivity contribution in [1.29, 1.82) is 0 Å². The van der Waals surface area contributed by atoms with Crippen molar-refractivity contribution in [2.24, 2.45) is 0 Å². The van der Waals surface area contributed by atoms with Crippen LogP contribution in [0.4, 0.5) is 0 Å². The number of aliphatic carboxylic acids is 1. The molecule has 2 aromatic rings. The molecular formula is C13H13NO3S. The number of ether oxygens (including phenoxy) is 1. The Kier molecular flexibility index (Phi) is 3.94. The first-order valence-corrected chi connectivity index (χ1v) is 6.32. The lowest BCUT2D eigenvalue weighted by Crippen LogP contribution is -1.95. The SMILES string of the molecule is COc1ccccc1-c1ncc(CCC(=O)O)s1. The number of hydrogen-bond donors (Lipinski definition) is 1. The van der Waals surface area contributed by atoms with Crippen molar-refractivity contribution in [2.75, 3.05) is 7.11 Å². The number of carboxylic acid groups (broad SMARTS) is 1. The molecule has 18 heavy (non-hydrogen) atoms. The summed E-state index contributed by atoms with van der Waals surface area (Å²) < 4.78 is 5.28. The molecule has 0 aliphatic rings. The highest BCUT2D eigenvalue weighted by molar-refractivity contribution is 7.15. The quantitative estimate of drug-likeness (QED) is 0.901. The second-order valence-corrected chi connectivity index (χ2v) is 4.84. The summed E-state index contributed by atoms with van der Waals surface area (Å²) in [6.45, 7) is 0. The number of methoxy groups -OCH3 is 1. The van der Waals surface area contributed by atoms with Crippen LogP contribution in [0.3, 0.4) is 0 Å². The van der Waals surface area contributed by atoms with Gasteiger partial charge in [0.15, 0.2) is 0 Å². The standard InChI is InChI=1S/C13H13NO3S/c1-17-11-5-3-2-4-10(11)13-14-8-9(18-13)6-7-12(15)16/h2-5,8H,6-7H2,1H3,(H,15,16). The lowest BCUT2D eigenvalue weighted by atomic mass is 10.2. The van der Waals surface area contributed by atoms with Crippen LogP contribution in [0.1, 0.15) is 11.3 Å². The third-order valence-corrected chi connectivity index (χ3v) is 3.57. The largest absolute Gasteiger partial charge is 0.496 e. The van der Waals surface area contributed by atoms with Crippen LogP contribution in [-0.2, 0) is 11.2 Å². The molecule has 4 nitrogen and oxygen atoms in total. The summed E-state index contributed by atoms with van der Waals surface area (Å²) in [7, 11) is 1.62. The second kappa shape index (κ2) is 5.64. The van der Waals surface area contributed by atoms with Gasteiger partial charge in [0.2, 0.25) is 0 Å². The number of aromatic nitrogens is 1. The van der Waals surface area contributed by atoms with E-state index in [4.69, 9.17) is 9.84 Å². The number of carboxylic acids is 1. The maximum absolute atomic E-state index is 10.5. The molecule has 0 bridgehead atoms. The third-order valence-electron chi connectivity index (χ3n) is 2.48. The fourth-order valence-corrected chi connectivity index (χ4v) is 2.54. The maximum Gasteiger partial charge on any atom is 0.303 e. The van der Waals surface area contributed by atoms with Crippen LogP contribution >= 0.6 is 11.3 Å². The minimum absolute atomic E-state index is 0.132. The average molecular weight is 263 g/mol. The molecule has 1 aromatic heterocycles. The van der Waals surface area contributed by atoms with E-state index in [1.807, 2.05) is 24.3 Å². The van der Waals surface area contributed by atoms with Gasteiger partial charge < -0.3 is 9.84 Å². The van der Waals surface area contributed by atoms with Gasteiger partial charge in [0, 0.05) is 11.1 Å². The molecule has 0 atom stereocenters. The van der Waals surface area contributed by atoms with Crippen LogP contribution in [0.5, 0.6) is 5.75 Å². The number of aryl methyl sites for hydroxylation is 1. The summed E-state index contributed by atoms with van der Waals surface area (Å²) in [5.74, 6) is -0.0149. The van der Waals surface area contributed by atoms with Crippen molar-refractivity contribution in [3.8, 4) is 16.3 Å². The Balaban J connectivity index is 2.21. The summed E-state index contributed by atoms with van der Waals surface area (Å²) in [5.41, 5.74) is 0.937. The van der Waals surface area contributed by atoms with E-state index in [2.05, 4.69) is 4.98 Å². The number of nitrogens with zero attached hydrogens (tertiary/aromatic N) is 1. The minimum Gasteiger partial charge on any atom is -0.496 e. The van der Waals surface area contributed by atoms with E-state index in [-0.39, 0.29) is 6.42 Å². The molecule has 1 aromatic carbocycles. The summed E-state index contributed by atoms with van der Waals surface area (Å²) in [5, 5.41) is 9.50. The molecule has 0 spiro atoms. The zero-order valence-corrected chi connectivity index (χ0v) is 10.7. The number of para-hydroxylation sites is 1. The van der Waals surface area contributed by atoms with Gasteiger partial charge in [-0.1, -0.05) is 12.1 Å². The zero-order valence-electron chi connectivity index (χ0n) is 9.92. The molecule has 0 radical (unpaired) electrons. The van der Waals surface area contributed by atoms with Gasteiger partial charge in [0.25, 0.3) is 0 Å². The second-order valence-electron chi connectivity index (χ2n) is 3.73. The predicted octanol–water partition coefficient (Wildman–Crippen LogP) is 2.84. The molecule has 1 N–H and O–H groups in total. The van der Waals surface area contributed by atoms with Gasteiger partial charge in [0.1, 0.15) is 10.8 Å². The molecule has 1 heterocycles. The van der Waals surface area contributed by atoms with Gasteiger partial charge in [-0.25, -0.2) is 4.98 Å². The first kappa shape index (κ1) is 12.6. The normalized spacial score (nSPS) is 10.3. The van der Waals surface area contributed by atoms with Gasteiger partial charge >= 0.3 is 5.97 Å². The van der Waals surface area contributed by atoms with Crippen molar-refractivity contribution < 1.29 is 14.6 Å². The van der Waals surface area contributed by atoms with Crippen LogP contribution in [0.15, 0.2) is 30.5 Å². The third kappa shape index (κ3) is 2.87. The number of carbonyl (C=O) groups is 1. The molecule has 0 amide bonds. The van der Waals surface area contributed by atoms with Gasteiger partial charge in [-0.05, 0) is 18.6 Å². The Labute approximate surface area is 109 Å². The molecule has 2 rings (SSSR count). The van der Waals surface area contributed by atoms with E-state index in [0.29, 0.717) is 6.42 Å². The molecule has 0 aliphatic heterocycles. The zero-order chi connectivity index (χ0) is 13.0. The first-order valence-electron chi connectivity index (χ1n) is 5.50. The molecule has 0 saturated heterocycles. The van der Waals surface area contributed by atoms with Crippen molar-refractivity contribution >= 4 is 17.3 Å². The first-order chi connectivity index (χ1) is 8.70. The Morgan fingerprint density at radius 1 is 1.44 bits per heavy atom. The van der Waals surface area contributed by atoms with Crippen molar-refractivity contribution in [2.45, 2.75) is 12.8 Å². The Morgan fingerprint density at radius 2 is 2.22 bits per heavy atom. The van der Waals surface area contributed by atoms with E-state index in [0.717, 1.165) is 21.2 Å². The van der Waals surface area contributed by atoms with Gasteiger partial charge in [-0.15, -0.1) is 11.3 Å². The van der Waals surface area contributed by atoms with E-state index in [9.17, 15) is 4.79 Å². The van der Waals surface area contributed by atoms with E-state index < -0.39 is 5.97 Å². The molecule has 94 valence electrons. The molecule has 5 heteroatoms. The van der Waals surface area contributed by atoms with Gasteiger partial charge in [-0.2, -0.15) is 0 Å². The summed E-state index contributed by atoms with van der Waals surface area (Å²) in [4.78, 5) is 15.8. The number of thiazole rings is 1.